The van der Waals surface area contributed by atoms with Crippen LogP contribution in [0.1, 0.15) is 21.7 Å². The first-order valence-corrected chi connectivity index (χ1v) is 10.4. The van der Waals surface area contributed by atoms with Gasteiger partial charge in [0.15, 0.2) is 0 Å². The van der Waals surface area contributed by atoms with Crippen LogP contribution < -0.4 is 14.9 Å². The van der Waals surface area contributed by atoms with Crippen LogP contribution in [-0.2, 0) is 6.18 Å². The van der Waals surface area contributed by atoms with Gasteiger partial charge in [0.25, 0.3) is 5.76 Å². The van der Waals surface area contributed by atoms with E-state index < -0.39 is 34.7 Å². The molecule has 174 valence electrons. The maximum absolute atomic E-state index is 13.7. The highest BCUT2D eigenvalue weighted by molar-refractivity contribution is 6.36. The Hall–Kier alpha value is -3.49. The molecule has 0 aliphatic rings. The van der Waals surface area contributed by atoms with Crippen LogP contribution in [0.5, 0.6) is 17.2 Å². The molecule has 0 bridgehead atoms. The van der Waals surface area contributed by atoms with E-state index in [2.05, 4.69) is 0 Å². The minimum Gasteiger partial charge on any atom is -0.449 e. The Morgan fingerprint density at radius 2 is 1.62 bits per heavy atom. The summed E-state index contributed by atoms with van der Waals surface area (Å²) >= 11 is 11.8. The molecular weight excluding hydrogens is 496 g/mol. The number of alkyl halides is 3. The van der Waals surface area contributed by atoms with Crippen molar-refractivity contribution in [3.05, 3.63) is 97.8 Å². The summed E-state index contributed by atoms with van der Waals surface area (Å²) in [4.78, 5) is 25.3. The van der Waals surface area contributed by atoms with E-state index in [0.29, 0.717) is 5.02 Å². The molecule has 0 aliphatic heterocycles. The number of halogens is 5. The molecule has 1 heterocycles. The second-order valence-corrected chi connectivity index (χ2v) is 8.02. The SMILES string of the molecule is Cc1ccc(Oc2c(C(F)(F)F)oc3cc(OC(=O)c4ccc(Cl)cc4Cl)ccc3c2=O)cc1. The lowest BCUT2D eigenvalue weighted by molar-refractivity contribution is -0.154. The molecule has 0 radical (unpaired) electrons. The zero-order valence-electron chi connectivity index (χ0n) is 17.2. The summed E-state index contributed by atoms with van der Waals surface area (Å²) < 4.78 is 56.6. The summed E-state index contributed by atoms with van der Waals surface area (Å²) in [7, 11) is 0. The van der Waals surface area contributed by atoms with Crippen molar-refractivity contribution in [2.75, 3.05) is 0 Å². The Labute approximate surface area is 200 Å². The molecule has 0 saturated carbocycles. The number of ether oxygens (including phenoxy) is 2. The van der Waals surface area contributed by atoms with Gasteiger partial charge in [-0.3, -0.25) is 4.79 Å². The highest BCUT2D eigenvalue weighted by atomic mass is 35.5. The highest BCUT2D eigenvalue weighted by Crippen LogP contribution is 2.38. The smallest absolute Gasteiger partial charge is 0.449 e. The van der Waals surface area contributed by atoms with Gasteiger partial charge in [-0.2, -0.15) is 13.2 Å². The molecule has 10 heteroatoms. The largest absolute Gasteiger partial charge is 0.453 e. The fourth-order valence-corrected chi connectivity index (χ4v) is 3.53. The summed E-state index contributed by atoms with van der Waals surface area (Å²) in [6.45, 7) is 1.79. The number of benzene rings is 3. The van der Waals surface area contributed by atoms with Crippen LogP contribution in [0.15, 0.2) is 69.9 Å². The fraction of sp³-hybridized carbons (Fsp3) is 0.0833. The van der Waals surface area contributed by atoms with Crippen LogP contribution in [-0.4, -0.2) is 5.97 Å². The predicted octanol–water partition coefficient (Wildman–Crippen LogP) is 7.44. The Morgan fingerprint density at radius 3 is 2.26 bits per heavy atom. The molecule has 0 aliphatic carbocycles. The number of aryl methyl sites for hydroxylation is 1. The molecule has 0 spiro atoms. The average Bonchev–Trinajstić information content (AvgIpc) is 2.76. The zero-order valence-corrected chi connectivity index (χ0v) is 18.7. The summed E-state index contributed by atoms with van der Waals surface area (Å²) in [5.41, 5.74) is -0.629. The standard InChI is InChI=1S/C24H13Cl2F3O5/c1-12-2-5-14(6-3-12)32-21-20(30)17-9-7-15(11-19(17)34-22(21)24(27,28)29)33-23(31)16-8-4-13(25)10-18(16)26/h2-11H,1H3. The molecular formula is C24H13Cl2F3O5. The van der Waals surface area contributed by atoms with Crippen LogP contribution in [0.25, 0.3) is 11.0 Å². The van der Waals surface area contributed by atoms with Gasteiger partial charge in [0.2, 0.25) is 11.2 Å². The van der Waals surface area contributed by atoms with Gasteiger partial charge < -0.3 is 13.9 Å². The van der Waals surface area contributed by atoms with Crippen molar-refractivity contribution in [3.63, 3.8) is 0 Å². The monoisotopic (exact) mass is 508 g/mol. The van der Waals surface area contributed by atoms with E-state index in [-0.39, 0.29) is 27.5 Å². The number of rotatable bonds is 4. The van der Waals surface area contributed by atoms with Gasteiger partial charge in [-0.15, -0.1) is 0 Å². The minimum atomic E-state index is -5.03. The normalized spacial score (nSPS) is 11.5. The Bertz CT molecular complexity index is 1460. The molecule has 4 rings (SSSR count). The first kappa shape index (κ1) is 23.7. The van der Waals surface area contributed by atoms with Gasteiger partial charge in [-0.05, 0) is 49.4 Å². The van der Waals surface area contributed by atoms with E-state index in [9.17, 15) is 22.8 Å². The molecule has 0 saturated heterocycles. The van der Waals surface area contributed by atoms with Crippen molar-refractivity contribution >= 4 is 40.1 Å². The number of fused-ring (bicyclic) bond motifs is 1. The lowest BCUT2D eigenvalue weighted by atomic mass is 10.2. The van der Waals surface area contributed by atoms with Crippen molar-refractivity contribution in [1.82, 2.24) is 0 Å². The average molecular weight is 509 g/mol. The third-order valence-corrected chi connectivity index (χ3v) is 5.23. The van der Waals surface area contributed by atoms with Gasteiger partial charge in [-0.1, -0.05) is 40.9 Å². The molecule has 0 atom stereocenters. The van der Waals surface area contributed by atoms with Crippen molar-refractivity contribution in [3.8, 4) is 17.2 Å². The van der Waals surface area contributed by atoms with Crippen molar-refractivity contribution in [2.45, 2.75) is 13.1 Å². The third kappa shape index (κ3) is 4.88. The fourth-order valence-electron chi connectivity index (χ4n) is 3.04. The van der Waals surface area contributed by atoms with Crippen LogP contribution in [0.4, 0.5) is 13.2 Å². The second kappa shape index (κ2) is 9.04. The van der Waals surface area contributed by atoms with Crippen molar-refractivity contribution < 1.29 is 31.9 Å². The van der Waals surface area contributed by atoms with Crippen LogP contribution >= 0.6 is 23.2 Å². The van der Waals surface area contributed by atoms with Crippen molar-refractivity contribution in [1.29, 1.82) is 0 Å². The molecule has 34 heavy (non-hydrogen) atoms. The summed E-state index contributed by atoms with van der Waals surface area (Å²) in [5, 5.41) is 0.138. The molecule has 5 nitrogen and oxygen atoms in total. The number of carbonyl (C=O) groups excluding carboxylic acids is 1. The molecule has 0 amide bonds. The maximum Gasteiger partial charge on any atom is 0.453 e. The van der Waals surface area contributed by atoms with Crippen LogP contribution in [0.3, 0.4) is 0 Å². The first-order chi connectivity index (χ1) is 16.0. The number of carbonyl (C=O) groups is 1. The summed E-state index contributed by atoms with van der Waals surface area (Å²) in [6, 6.07) is 13.6. The number of hydrogen-bond donors (Lipinski definition) is 0. The summed E-state index contributed by atoms with van der Waals surface area (Å²) in [5.74, 6) is -3.62. The Kier molecular flexibility index (Phi) is 6.29. The van der Waals surface area contributed by atoms with E-state index in [1.807, 2.05) is 0 Å². The Morgan fingerprint density at radius 1 is 0.941 bits per heavy atom. The molecule has 3 aromatic carbocycles. The van der Waals surface area contributed by atoms with Gasteiger partial charge in [0.1, 0.15) is 17.1 Å². The Balaban J connectivity index is 1.75. The molecule has 0 fully saturated rings. The van der Waals surface area contributed by atoms with Crippen LogP contribution in [0, 0.1) is 6.92 Å². The van der Waals surface area contributed by atoms with Gasteiger partial charge in [0.05, 0.1) is 16.0 Å². The van der Waals surface area contributed by atoms with Gasteiger partial charge >= 0.3 is 12.1 Å². The van der Waals surface area contributed by atoms with Crippen LogP contribution in [0.2, 0.25) is 10.0 Å². The lowest BCUT2D eigenvalue weighted by Gasteiger charge is -2.14. The predicted molar refractivity (Wildman–Crippen MR) is 120 cm³/mol. The van der Waals surface area contributed by atoms with E-state index >= 15 is 0 Å². The zero-order chi connectivity index (χ0) is 24.6. The quantitative estimate of drug-likeness (QED) is 0.211. The first-order valence-electron chi connectivity index (χ1n) is 9.63. The van der Waals surface area contributed by atoms with Gasteiger partial charge in [-0.25, -0.2) is 4.79 Å². The molecule has 0 unspecified atom stereocenters. The number of esters is 1. The topological polar surface area (TPSA) is 65.7 Å². The second-order valence-electron chi connectivity index (χ2n) is 7.17. The van der Waals surface area contributed by atoms with E-state index in [1.54, 1.807) is 19.1 Å². The van der Waals surface area contributed by atoms with E-state index in [1.165, 1.54) is 42.5 Å². The van der Waals surface area contributed by atoms with Crippen molar-refractivity contribution in [2.24, 2.45) is 0 Å². The van der Waals surface area contributed by atoms with Gasteiger partial charge in [0, 0.05) is 11.1 Å². The molecule has 1 aromatic heterocycles. The minimum absolute atomic E-state index is 0.00885. The van der Waals surface area contributed by atoms with E-state index in [4.69, 9.17) is 37.1 Å². The third-order valence-electron chi connectivity index (χ3n) is 4.68. The molecule has 0 N–H and O–H groups in total. The number of hydrogen-bond acceptors (Lipinski definition) is 5. The van der Waals surface area contributed by atoms with E-state index in [0.717, 1.165) is 11.6 Å². The molecule has 4 aromatic rings. The maximum atomic E-state index is 13.7. The lowest BCUT2D eigenvalue weighted by Crippen LogP contribution is -2.15. The summed E-state index contributed by atoms with van der Waals surface area (Å²) in [6.07, 6.45) is -5.03. The highest BCUT2D eigenvalue weighted by Gasteiger charge is 2.40.